The van der Waals surface area contributed by atoms with E-state index in [9.17, 15) is 9.59 Å². The van der Waals surface area contributed by atoms with Gasteiger partial charge in [-0.1, -0.05) is 48.5 Å². The Balaban J connectivity index is 1.63. The van der Waals surface area contributed by atoms with Gasteiger partial charge >= 0.3 is 6.09 Å². The first-order chi connectivity index (χ1) is 13.7. The van der Waals surface area contributed by atoms with Crippen LogP contribution in [-0.2, 0) is 32.0 Å². The predicted molar refractivity (Wildman–Crippen MR) is 104 cm³/mol. The number of methoxy groups -OCH3 is 1. The van der Waals surface area contributed by atoms with Gasteiger partial charge in [-0.2, -0.15) is 0 Å². The van der Waals surface area contributed by atoms with E-state index in [2.05, 4.69) is 5.32 Å². The van der Waals surface area contributed by atoms with Crippen LogP contribution in [0.3, 0.4) is 0 Å². The van der Waals surface area contributed by atoms with Crippen LogP contribution in [0.15, 0.2) is 54.6 Å². The number of alkyl carbamates (subject to hydrolysis) is 1. The fourth-order valence-corrected chi connectivity index (χ4v) is 3.11. The molecule has 0 saturated heterocycles. The van der Waals surface area contributed by atoms with Gasteiger partial charge in [-0.3, -0.25) is 4.79 Å². The first-order valence-electron chi connectivity index (χ1n) is 9.12. The van der Waals surface area contributed by atoms with Gasteiger partial charge in [0, 0.05) is 25.8 Å². The van der Waals surface area contributed by atoms with E-state index in [0.29, 0.717) is 19.6 Å². The van der Waals surface area contributed by atoms with Crippen LogP contribution in [-0.4, -0.2) is 45.1 Å². The third-order valence-electron chi connectivity index (χ3n) is 4.44. The molecular weight excluding hydrogens is 360 g/mol. The highest BCUT2D eigenvalue weighted by Crippen LogP contribution is 2.27. The Morgan fingerprint density at radius 3 is 2.68 bits per heavy atom. The molecule has 0 saturated carbocycles. The Morgan fingerprint density at radius 1 is 1.14 bits per heavy atom. The molecule has 1 aliphatic rings. The molecule has 7 heteroatoms. The lowest BCUT2D eigenvalue weighted by molar-refractivity contribution is -0.121. The first kappa shape index (κ1) is 19.9. The minimum Gasteiger partial charge on any atom is -0.445 e. The van der Waals surface area contributed by atoms with Crippen LogP contribution >= 0.6 is 0 Å². The lowest BCUT2D eigenvalue weighted by Gasteiger charge is -2.34. The first-order valence-corrected chi connectivity index (χ1v) is 9.12. The number of carbonyl (C=O) groups is 2. The fraction of sp³-hybridized carbons (Fsp3) is 0.333. The predicted octanol–water partition coefficient (Wildman–Crippen LogP) is 2.49. The van der Waals surface area contributed by atoms with E-state index >= 15 is 0 Å². The summed E-state index contributed by atoms with van der Waals surface area (Å²) in [6.45, 7) is 1.02. The molecule has 2 amide bonds. The van der Waals surface area contributed by atoms with Crippen molar-refractivity contribution in [3.8, 4) is 0 Å². The highest BCUT2D eigenvalue weighted by molar-refractivity contribution is 6.01. The van der Waals surface area contributed by atoms with Crippen molar-refractivity contribution in [2.45, 2.75) is 19.1 Å². The number of amides is 2. The van der Waals surface area contributed by atoms with Crippen molar-refractivity contribution >= 4 is 17.7 Å². The lowest BCUT2D eigenvalue weighted by Crippen LogP contribution is -2.53. The summed E-state index contributed by atoms with van der Waals surface area (Å²) in [6.07, 6.45) is -0.192. The molecule has 2 aromatic carbocycles. The number of para-hydroxylation sites is 1. The molecule has 0 aliphatic carbocycles. The Labute approximate surface area is 164 Å². The van der Waals surface area contributed by atoms with Crippen molar-refractivity contribution < 1.29 is 23.8 Å². The van der Waals surface area contributed by atoms with Crippen LogP contribution < -0.4 is 10.2 Å². The summed E-state index contributed by atoms with van der Waals surface area (Å²) in [5.74, 6) is -0.184. The van der Waals surface area contributed by atoms with E-state index in [1.807, 2.05) is 54.6 Å². The number of fused-ring (bicyclic) bond motifs is 1. The average molecular weight is 384 g/mol. The molecule has 1 heterocycles. The summed E-state index contributed by atoms with van der Waals surface area (Å²) >= 11 is 0. The normalized spacial score (nSPS) is 15.8. The number of benzene rings is 2. The largest absolute Gasteiger partial charge is 0.445 e. The Morgan fingerprint density at radius 2 is 1.89 bits per heavy atom. The van der Waals surface area contributed by atoms with Crippen LogP contribution in [0.5, 0.6) is 0 Å². The summed E-state index contributed by atoms with van der Waals surface area (Å²) in [7, 11) is 1.54. The average Bonchev–Trinajstić information content (AvgIpc) is 2.72. The minimum absolute atomic E-state index is 0.152. The summed E-state index contributed by atoms with van der Waals surface area (Å²) < 4.78 is 15.4. The van der Waals surface area contributed by atoms with Crippen LogP contribution in [0.25, 0.3) is 0 Å². The third kappa shape index (κ3) is 5.09. The van der Waals surface area contributed by atoms with Crippen LogP contribution in [0, 0.1) is 0 Å². The van der Waals surface area contributed by atoms with E-state index in [-0.39, 0.29) is 19.3 Å². The molecule has 1 aliphatic heterocycles. The Kier molecular flexibility index (Phi) is 7.00. The molecular formula is C21H24N2O5. The second-order valence-electron chi connectivity index (χ2n) is 6.40. The maximum absolute atomic E-state index is 12.9. The smallest absolute Gasteiger partial charge is 0.408 e. The number of hydrogen-bond acceptors (Lipinski definition) is 5. The summed E-state index contributed by atoms with van der Waals surface area (Å²) in [5.41, 5.74) is 2.71. The monoisotopic (exact) mass is 384 g/mol. The molecule has 0 unspecified atom stereocenters. The zero-order valence-corrected chi connectivity index (χ0v) is 15.8. The number of hydrogen-bond donors (Lipinski definition) is 1. The molecule has 7 nitrogen and oxygen atoms in total. The Bertz CT molecular complexity index is 796. The molecule has 1 atom stereocenters. The summed E-state index contributed by atoms with van der Waals surface area (Å²) in [4.78, 5) is 26.8. The van der Waals surface area contributed by atoms with Gasteiger partial charge in [0.15, 0.2) is 0 Å². The zero-order valence-electron chi connectivity index (χ0n) is 15.8. The van der Waals surface area contributed by atoms with Gasteiger partial charge in [0.1, 0.15) is 19.4 Å². The number of ether oxygens (including phenoxy) is 3. The van der Waals surface area contributed by atoms with E-state index in [1.54, 1.807) is 12.0 Å². The van der Waals surface area contributed by atoms with Crippen LogP contribution in [0.1, 0.15) is 11.1 Å². The maximum atomic E-state index is 12.9. The quantitative estimate of drug-likeness (QED) is 0.559. The molecule has 3 rings (SSSR count). The Hall–Kier alpha value is -2.90. The van der Waals surface area contributed by atoms with Gasteiger partial charge in [0.05, 0.1) is 6.61 Å². The van der Waals surface area contributed by atoms with Gasteiger partial charge in [-0.15, -0.1) is 0 Å². The molecule has 0 bridgehead atoms. The number of rotatable bonds is 8. The van der Waals surface area contributed by atoms with E-state index in [0.717, 1.165) is 16.8 Å². The topological polar surface area (TPSA) is 77.1 Å². The van der Waals surface area contributed by atoms with Crippen LogP contribution in [0.2, 0.25) is 0 Å². The SMILES string of the molecule is COCOCCN1C(=O)[C@@H](NC(=O)OCc2ccccc2)Cc2ccccc21. The molecule has 1 N–H and O–H groups in total. The van der Waals surface area contributed by atoms with Gasteiger partial charge < -0.3 is 24.4 Å². The highest BCUT2D eigenvalue weighted by atomic mass is 16.7. The zero-order chi connectivity index (χ0) is 19.8. The molecule has 0 spiro atoms. The number of nitrogens with one attached hydrogen (secondary N) is 1. The van der Waals surface area contributed by atoms with Gasteiger partial charge in [0.25, 0.3) is 0 Å². The molecule has 0 aromatic heterocycles. The van der Waals surface area contributed by atoms with Crippen molar-refractivity contribution in [2.24, 2.45) is 0 Å². The molecule has 2 aromatic rings. The lowest BCUT2D eigenvalue weighted by atomic mass is 9.97. The van der Waals surface area contributed by atoms with E-state index in [1.165, 1.54) is 0 Å². The summed E-state index contributed by atoms with van der Waals surface area (Å²) in [6, 6.07) is 16.4. The van der Waals surface area contributed by atoms with E-state index in [4.69, 9.17) is 14.2 Å². The van der Waals surface area contributed by atoms with Crippen molar-refractivity contribution in [1.82, 2.24) is 5.32 Å². The van der Waals surface area contributed by atoms with Crippen molar-refractivity contribution in [2.75, 3.05) is 32.0 Å². The van der Waals surface area contributed by atoms with Gasteiger partial charge in [0.2, 0.25) is 5.91 Å². The third-order valence-corrected chi connectivity index (χ3v) is 4.44. The highest BCUT2D eigenvalue weighted by Gasteiger charge is 2.33. The maximum Gasteiger partial charge on any atom is 0.408 e. The van der Waals surface area contributed by atoms with Crippen molar-refractivity contribution in [3.63, 3.8) is 0 Å². The molecule has 0 radical (unpaired) electrons. The molecule has 0 fully saturated rings. The number of nitrogens with zero attached hydrogens (tertiary/aromatic N) is 1. The van der Waals surface area contributed by atoms with Crippen molar-refractivity contribution in [1.29, 1.82) is 0 Å². The number of carbonyl (C=O) groups excluding carboxylic acids is 2. The second kappa shape index (κ2) is 9.87. The van der Waals surface area contributed by atoms with Gasteiger partial charge in [-0.05, 0) is 17.2 Å². The molecule has 28 heavy (non-hydrogen) atoms. The molecule has 148 valence electrons. The fourth-order valence-electron chi connectivity index (χ4n) is 3.11. The summed E-state index contributed by atoms with van der Waals surface area (Å²) in [5, 5.41) is 2.69. The van der Waals surface area contributed by atoms with Gasteiger partial charge in [-0.25, -0.2) is 4.79 Å². The standard InChI is InChI=1S/C21H24N2O5/c1-26-15-27-12-11-23-19-10-6-5-9-17(19)13-18(20(23)24)22-21(25)28-14-16-7-3-2-4-8-16/h2-10,18H,11-15H2,1H3,(H,22,25)/t18-/m0/s1. The van der Waals surface area contributed by atoms with E-state index < -0.39 is 12.1 Å². The van der Waals surface area contributed by atoms with Crippen molar-refractivity contribution in [3.05, 3.63) is 65.7 Å². The number of anilines is 1. The van der Waals surface area contributed by atoms with Crippen LogP contribution in [0.4, 0.5) is 10.5 Å². The minimum atomic E-state index is -0.680. The second-order valence-corrected chi connectivity index (χ2v) is 6.40.